The van der Waals surface area contributed by atoms with Gasteiger partial charge in [-0.1, -0.05) is 19.1 Å². The quantitative estimate of drug-likeness (QED) is 0.270. The molecule has 0 aromatic heterocycles. The van der Waals surface area contributed by atoms with E-state index in [-0.39, 0.29) is 53.9 Å². The summed E-state index contributed by atoms with van der Waals surface area (Å²) in [6.45, 7) is 8.80. The molecule has 2 aliphatic rings. The average molecular weight is 563 g/mol. The minimum atomic E-state index is -0.336. The van der Waals surface area contributed by atoms with Crippen LogP contribution < -0.4 is 10.1 Å². The fourth-order valence-electron chi connectivity index (χ4n) is 4.00. The zero-order valence-corrected chi connectivity index (χ0v) is 21.8. The van der Waals surface area contributed by atoms with Crippen LogP contribution in [0, 0.1) is 5.82 Å². The maximum atomic E-state index is 13.9. The molecule has 0 saturated carbocycles. The molecule has 0 bridgehead atoms. The number of aliphatic imine (C=N–C) groups is 1. The largest absolute Gasteiger partial charge is 0.485 e. The first-order chi connectivity index (χ1) is 15.2. The number of hydrogen-bond acceptors (Lipinski definition) is 4. The van der Waals surface area contributed by atoms with E-state index in [1.54, 1.807) is 18.2 Å². The molecule has 2 atom stereocenters. The molecular weight excluding hydrogens is 524 g/mol. The van der Waals surface area contributed by atoms with Crippen LogP contribution in [0.5, 0.6) is 5.75 Å². The van der Waals surface area contributed by atoms with Crippen molar-refractivity contribution in [1.29, 1.82) is 0 Å². The van der Waals surface area contributed by atoms with E-state index in [9.17, 15) is 4.39 Å². The molecule has 1 aromatic rings. The molecule has 2 aliphatic heterocycles. The van der Waals surface area contributed by atoms with E-state index < -0.39 is 0 Å². The van der Waals surface area contributed by atoms with Crippen LogP contribution in [0.1, 0.15) is 52.4 Å². The SMILES string of the molecule is CCNC(=NCC(CC)Oc1ccccc1F)N1CCC(OCC2CCCCO2)CC1.I. The standard InChI is InChI=1S/C24H38FN3O3.HI/c1-3-19(31-23-11-6-5-10-22(23)25)17-27-24(26-4-2)28-14-12-20(13-15-28)30-18-21-9-7-8-16-29-21;/h5-6,10-11,19-21H,3-4,7-9,12-18H2,1-2H3,(H,26,27);1H. The van der Waals surface area contributed by atoms with Crippen LogP contribution in [0.15, 0.2) is 29.3 Å². The molecule has 182 valence electrons. The molecule has 32 heavy (non-hydrogen) atoms. The number of para-hydroxylation sites is 1. The van der Waals surface area contributed by atoms with Crippen LogP contribution in [0.4, 0.5) is 4.39 Å². The molecule has 0 amide bonds. The van der Waals surface area contributed by atoms with E-state index in [0.29, 0.717) is 13.2 Å². The summed E-state index contributed by atoms with van der Waals surface area (Å²) in [5, 5.41) is 3.39. The third-order valence-corrected chi connectivity index (χ3v) is 5.90. The molecule has 2 saturated heterocycles. The Balaban J connectivity index is 0.00000363. The van der Waals surface area contributed by atoms with E-state index in [1.165, 1.54) is 18.9 Å². The summed E-state index contributed by atoms with van der Waals surface area (Å²) in [4.78, 5) is 7.09. The van der Waals surface area contributed by atoms with Crippen molar-refractivity contribution in [3.05, 3.63) is 30.1 Å². The van der Waals surface area contributed by atoms with Gasteiger partial charge < -0.3 is 24.4 Å². The predicted molar refractivity (Wildman–Crippen MR) is 137 cm³/mol. The molecular formula is C24H39FIN3O3. The number of ether oxygens (including phenoxy) is 3. The Bertz CT molecular complexity index is 680. The lowest BCUT2D eigenvalue weighted by atomic mass is 10.1. The first-order valence-corrected chi connectivity index (χ1v) is 11.9. The molecule has 8 heteroatoms. The maximum absolute atomic E-state index is 13.9. The van der Waals surface area contributed by atoms with Crippen LogP contribution in [-0.2, 0) is 9.47 Å². The summed E-state index contributed by atoms with van der Waals surface area (Å²) in [7, 11) is 0. The van der Waals surface area contributed by atoms with E-state index in [1.807, 2.05) is 6.92 Å². The second-order valence-electron chi connectivity index (χ2n) is 8.28. The number of nitrogens with zero attached hydrogens (tertiary/aromatic N) is 2. The Hall–Kier alpha value is -1.13. The van der Waals surface area contributed by atoms with Gasteiger partial charge in [0.05, 0.1) is 25.4 Å². The Labute approximate surface area is 209 Å². The Morgan fingerprint density at radius 2 is 2.00 bits per heavy atom. The number of piperidine rings is 1. The van der Waals surface area contributed by atoms with Crippen molar-refractivity contribution in [3.63, 3.8) is 0 Å². The molecule has 0 radical (unpaired) electrons. The van der Waals surface area contributed by atoms with Gasteiger partial charge >= 0.3 is 0 Å². The monoisotopic (exact) mass is 563 g/mol. The van der Waals surface area contributed by atoms with Gasteiger partial charge in [0.25, 0.3) is 0 Å². The number of likely N-dealkylation sites (tertiary alicyclic amines) is 1. The van der Waals surface area contributed by atoms with Gasteiger partial charge in [-0.3, -0.25) is 0 Å². The number of rotatable bonds is 9. The molecule has 3 rings (SSSR count). The highest BCUT2D eigenvalue weighted by Crippen LogP contribution is 2.20. The summed E-state index contributed by atoms with van der Waals surface area (Å²) in [6, 6.07) is 6.53. The normalized spacial score (nSPS) is 21.0. The first-order valence-electron chi connectivity index (χ1n) is 11.9. The highest BCUT2D eigenvalue weighted by molar-refractivity contribution is 14.0. The van der Waals surface area contributed by atoms with Gasteiger partial charge in [-0.15, -0.1) is 24.0 Å². The molecule has 2 heterocycles. The smallest absolute Gasteiger partial charge is 0.194 e. The van der Waals surface area contributed by atoms with Crippen molar-refractivity contribution < 1.29 is 18.6 Å². The number of nitrogens with one attached hydrogen (secondary N) is 1. The second kappa shape index (κ2) is 14.9. The Morgan fingerprint density at radius 3 is 2.66 bits per heavy atom. The minimum Gasteiger partial charge on any atom is -0.485 e. The number of guanidine groups is 1. The zero-order valence-electron chi connectivity index (χ0n) is 19.4. The summed E-state index contributed by atoms with van der Waals surface area (Å²) in [5.41, 5.74) is 0. The van der Waals surface area contributed by atoms with Crippen molar-refractivity contribution in [2.24, 2.45) is 4.99 Å². The lowest BCUT2D eigenvalue weighted by molar-refractivity contribution is -0.0721. The Kier molecular flexibility index (Phi) is 12.6. The number of benzene rings is 1. The molecule has 2 fully saturated rings. The molecule has 0 spiro atoms. The average Bonchev–Trinajstić information content (AvgIpc) is 2.82. The van der Waals surface area contributed by atoms with Gasteiger partial charge in [0.1, 0.15) is 6.10 Å². The number of halogens is 2. The van der Waals surface area contributed by atoms with Crippen LogP contribution in [0.25, 0.3) is 0 Å². The Morgan fingerprint density at radius 1 is 1.22 bits per heavy atom. The topological polar surface area (TPSA) is 55.3 Å². The summed E-state index contributed by atoms with van der Waals surface area (Å²) in [6.07, 6.45) is 6.66. The van der Waals surface area contributed by atoms with Gasteiger partial charge in [-0.05, 0) is 57.6 Å². The van der Waals surface area contributed by atoms with Gasteiger partial charge in [0.2, 0.25) is 0 Å². The molecule has 0 aliphatic carbocycles. The fourth-order valence-corrected chi connectivity index (χ4v) is 4.00. The summed E-state index contributed by atoms with van der Waals surface area (Å²) < 4.78 is 31.7. The molecule has 6 nitrogen and oxygen atoms in total. The van der Waals surface area contributed by atoms with Crippen LogP contribution in [0.2, 0.25) is 0 Å². The fraction of sp³-hybridized carbons (Fsp3) is 0.708. The zero-order chi connectivity index (χ0) is 21.9. The predicted octanol–water partition coefficient (Wildman–Crippen LogP) is 4.62. The lowest BCUT2D eigenvalue weighted by Crippen LogP contribution is -2.47. The van der Waals surface area contributed by atoms with Crippen molar-refractivity contribution in [3.8, 4) is 5.75 Å². The molecule has 2 unspecified atom stereocenters. The van der Waals surface area contributed by atoms with Gasteiger partial charge in [0.15, 0.2) is 17.5 Å². The first kappa shape index (κ1) is 27.1. The van der Waals surface area contributed by atoms with Gasteiger partial charge in [-0.2, -0.15) is 0 Å². The van der Waals surface area contributed by atoms with Gasteiger partial charge in [-0.25, -0.2) is 9.38 Å². The van der Waals surface area contributed by atoms with Crippen molar-refractivity contribution in [2.75, 3.05) is 39.4 Å². The van der Waals surface area contributed by atoms with E-state index in [4.69, 9.17) is 19.2 Å². The highest BCUT2D eigenvalue weighted by Gasteiger charge is 2.24. The van der Waals surface area contributed by atoms with Crippen LogP contribution in [-0.4, -0.2) is 68.6 Å². The van der Waals surface area contributed by atoms with E-state index in [0.717, 1.165) is 57.9 Å². The maximum Gasteiger partial charge on any atom is 0.194 e. The summed E-state index contributed by atoms with van der Waals surface area (Å²) in [5.74, 6) is 0.846. The number of hydrogen-bond donors (Lipinski definition) is 1. The van der Waals surface area contributed by atoms with Crippen molar-refractivity contribution >= 4 is 29.9 Å². The third-order valence-electron chi connectivity index (χ3n) is 5.90. The van der Waals surface area contributed by atoms with Crippen molar-refractivity contribution in [2.45, 2.75) is 70.7 Å². The minimum absolute atomic E-state index is 0. The van der Waals surface area contributed by atoms with Crippen LogP contribution in [0.3, 0.4) is 0 Å². The highest BCUT2D eigenvalue weighted by atomic mass is 127. The third kappa shape index (κ3) is 8.67. The van der Waals surface area contributed by atoms with Gasteiger partial charge in [0, 0.05) is 26.2 Å². The molecule has 1 aromatic carbocycles. The lowest BCUT2D eigenvalue weighted by Gasteiger charge is -2.35. The van der Waals surface area contributed by atoms with E-state index >= 15 is 0 Å². The van der Waals surface area contributed by atoms with Crippen molar-refractivity contribution in [1.82, 2.24) is 10.2 Å². The second-order valence-corrected chi connectivity index (χ2v) is 8.28. The van der Waals surface area contributed by atoms with E-state index in [2.05, 4.69) is 17.1 Å². The molecule has 1 N–H and O–H groups in total. The summed E-state index contributed by atoms with van der Waals surface area (Å²) >= 11 is 0. The van der Waals surface area contributed by atoms with Crippen LogP contribution >= 0.6 is 24.0 Å².